The zero-order valence-corrected chi connectivity index (χ0v) is 14.9. The molecule has 1 N–H and O–H groups in total. The molecule has 0 aliphatic rings. The molecular formula is C19H15N3OS2. The highest BCUT2D eigenvalue weighted by Crippen LogP contribution is 2.25. The Hall–Kier alpha value is -2.57. The van der Waals surface area contributed by atoms with Crippen molar-refractivity contribution in [1.82, 2.24) is 9.97 Å². The summed E-state index contributed by atoms with van der Waals surface area (Å²) in [5.41, 5.74) is 2.93. The number of fused-ring (bicyclic) bond motifs is 1. The molecule has 0 fully saturated rings. The van der Waals surface area contributed by atoms with E-state index in [9.17, 15) is 4.79 Å². The summed E-state index contributed by atoms with van der Waals surface area (Å²) in [5.74, 6) is -0.0341. The molecule has 0 bridgehead atoms. The van der Waals surface area contributed by atoms with E-state index in [1.54, 1.807) is 11.3 Å². The molecule has 1 amide bonds. The highest BCUT2D eigenvalue weighted by molar-refractivity contribution is 7.18. The van der Waals surface area contributed by atoms with E-state index in [1.165, 1.54) is 11.3 Å². The lowest BCUT2D eigenvalue weighted by Crippen LogP contribution is -2.12. The van der Waals surface area contributed by atoms with Crippen molar-refractivity contribution in [1.29, 1.82) is 0 Å². The summed E-state index contributed by atoms with van der Waals surface area (Å²) < 4.78 is 1.16. The third kappa shape index (κ3) is 3.75. The second-order valence-electron chi connectivity index (χ2n) is 5.53. The molecule has 0 atom stereocenters. The van der Waals surface area contributed by atoms with Crippen molar-refractivity contribution < 1.29 is 4.79 Å². The quantitative estimate of drug-likeness (QED) is 0.542. The van der Waals surface area contributed by atoms with Crippen molar-refractivity contribution in [3.8, 4) is 11.3 Å². The van der Waals surface area contributed by atoms with Crippen LogP contribution in [0.15, 0.2) is 60.0 Å². The van der Waals surface area contributed by atoms with Crippen LogP contribution in [0, 0.1) is 0 Å². The number of hydrogen-bond donors (Lipinski definition) is 1. The molecular weight excluding hydrogens is 350 g/mol. The van der Waals surface area contributed by atoms with Crippen LogP contribution in [0.5, 0.6) is 0 Å². The van der Waals surface area contributed by atoms with Gasteiger partial charge >= 0.3 is 0 Å². The molecule has 2 aromatic heterocycles. The first kappa shape index (κ1) is 15.9. The molecule has 0 aliphatic carbocycles. The van der Waals surface area contributed by atoms with E-state index in [-0.39, 0.29) is 5.91 Å². The molecule has 4 rings (SSSR count). The number of hydrogen-bond acceptors (Lipinski definition) is 5. The van der Waals surface area contributed by atoms with Gasteiger partial charge < -0.3 is 5.32 Å². The molecule has 124 valence electrons. The average molecular weight is 365 g/mol. The van der Waals surface area contributed by atoms with Gasteiger partial charge in [-0.2, -0.15) is 0 Å². The normalized spacial score (nSPS) is 10.9. The van der Waals surface area contributed by atoms with Crippen molar-refractivity contribution >= 4 is 43.9 Å². The summed E-state index contributed by atoms with van der Waals surface area (Å²) in [6.07, 6.45) is 1.04. The third-order valence-electron chi connectivity index (χ3n) is 3.72. The molecule has 0 aliphatic heterocycles. The Morgan fingerprint density at radius 2 is 1.80 bits per heavy atom. The second kappa shape index (κ2) is 7.13. The number of aromatic nitrogens is 2. The van der Waals surface area contributed by atoms with Crippen LogP contribution in [-0.4, -0.2) is 15.9 Å². The van der Waals surface area contributed by atoms with Crippen LogP contribution in [0.1, 0.15) is 11.4 Å². The van der Waals surface area contributed by atoms with Gasteiger partial charge in [0, 0.05) is 23.8 Å². The average Bonchev–Trinajstić information content (AvgIpc) is 3.27. The monoisotopic (exact) mass is 365 g/mol. The zero-order chi connectivity index (χ0) is 17.1. The number of aryl methyl sites for hydroxylation is 1. The van der Waals surface area contributed by atoms with E-state index in [4.69, 9.17) is 0 Å². The van der Waals surface area contributed by atoms with Gasteiger partial charge in [-0.05, 0) is 12.1 Å². The third-order valence-corrected chi connectivity index (χ3v) is 5.58. The number of thiazole rings is 2. The largest absolute Gasteiger partial charge is 0.302 e. The van der Waals surface area contributed by atoms with Crippen LogP contribution in [-0.2, 0) is 11.2 Å². The first-order valence-corrected chi connectivity index (χ1v) is 9.63. The summed E-state index contributed by atoms with van der Waals surface area (Å²) in [6.45, 7) is 0. The Morgan fingerprint density at radius 1 is 1.00 bits per heavy atom. The molecule has 0 radical (unpaired) electrons. The maximum Gasteiger partial charge on any atom is 0.226 e. The smallest absolute Gasteiger partial charge is 0.226 e. The minimum atomic E-state index is -0.0341. The molecule has 25 heavy (non-hydrogen) atoms. The Labute approximate surface area is 153 Å². The van der Waals surface area contributed by atoms with Crippen LogP contribution in [0.4, 0.5) is 5.13 Å². The fourth-order valence-corrected chi connectivity index (χ4v) is 4.20. The maximum atomic E-state index is 12.2. The fraction of sp³-hybridized carbons (Fsp3) is 0.105. The van der Waals surface area contributed by atoms with E-state index in [1.807, 2.05) is 53.9 Å². The van der Waals surface area contributed by atoms with Crippen molar-refractivity contribution in [2.45, 2.75) is 12.8 Å². The van der Waals surface area contributed by atoms with Crippen molar-refractivity contribution in [3.05, 3.63) is 65.0 Å². The number of carbonyl (C=O) groups is 1. The predicted octanol–water partition coefficient (Wildman–Crippen LogP) is 4.99. The van der Waals surface area contributed by atoms with Gasteiger partial charge in [-0.1, -0.05) is 42.5 Å². The number of nitrogens with zero attached hydrogens (tertiary/aromatic N) is 2. The minimum Gasteiger partial charge on any atom is -0.302 e. The highest BCUT2D eigenvalue weighted by atomic mass is 32.1. The molecule has 0 saturated carbocycles. The van der Waals surface area contributed by atoms with Gasteiger partial charge in [0.25, 0.3) is 0 Å². The molecule has 0 unspecified atom stereocenters. The van der Waals surface area contributed by atoms with Gasteiger partial charge in [0.15, 0.2) is 5.13 Å². The summed E-state index contributed by atoms with van der Waals surface area (Å²) >= 11 is 3.08. The van der Waals surface area contributed by atoms with Crippen molar-refractivity contribution in [2.75, 3.05) is 5.32 Å². The van der Waals surface area contributed by atoms with E-state index in [2.05, 4.69) is 21.4 Å². The summed E-state index contributed by atoms with van der Waals surface area (Å²) in [6, 6.07) is 18.0. The van der Waals surface area contributed by atoms with E-state index in [0.29, 0.717) is 18.0 Å². The van der Waals surface area contributed by atoms with Crippen molar-refractivity contribution in [3.63, 3.8) is 0 Å². The van der Waals surface area contributed by atoms with Crippen LogP contribution < -0.4 is 5.32 Å². The lowest BCUT2D eigenvalue weighted by molar-refractivity contribution is -0.116. The van der Waals surface area contributed by atoms with Crippen LogP contribution in [0.2, 0.25) is 0 Å². The lowest BCUT2D eigenvalue weighted by atomic mass is 10.2. The summed E-state index contributed by atoms with van der Waals surface area (Å²) in [5, 5.41) is 6.46. The molecule has 0 saturated heterocycles. The predicted molar refractivity (Wildman–Crippen MR) is 104 cm³/mol. The molecule has 4 nitrogen and oxygen atoms in total. The maximum absolute atomic E-state index is 12.2. The molecule has 4 aromatic rings. The Balaban J connectivity index is 1.37. The number of benzene rings is 2. The number of anilines is 1. The Morgan fingerprint density at radius 3 is 2.64 bits per heavy atom. The van der Waals surface area contributed by atoms with Crippen molar-refractivity contribution in [2.24, 2.45) is 0 Å². The fourth-order valence-electron chi connectivity index (χ4n) is 2.50. The van der Waals surface area contributed by atoms with Gasteiger partial charge in [-0.25, -0.2) is 9.97 Å². The number of amides is 1. The SMILES string of the molecule is O=C(CCc1nc2ccccc2s1)Nc1nc(-c2ccccc2)cs1. The molecule has 6 heteroatoms. The molecule has 2 heterocycles. The lowest BCUT2D eigenvalue weighted by Gasteiger charge is -2.00. The van der Waals surface area contributed by atoms with E-state index in [0.717, 1.165) is 26.5 Å². The van der Waals surface area contributed by atoms with Gasteiger partial charge in [0.2, 0.25) is 5.91 Å². The topological polar surface area (TPSA) is 54.9 Å². The van der Waals surface area contributed by atoms with Crippen LogP contribution >= 0.6 is 22.7 Å². The Bertz CT molecular complexity index is 975. The first-order chi connectivity index (χ1) is 12.3. The molecule has 0 spiro atoms. The van der Waals surface area contributed by atoms with E-state index < -0.39 is 0 Å². The summed E-state index contributed by atoms with van der Waals surface area (Å²) in [7, 11) is 0. The minimum absolute atomic E-state index is 0.0341. The molecule has 2 aromatic carbocycles. The number of carbonyl (C=O) groups excluding carboxylic acids is 1. The second-order valence-corrected chi connectivity index (χ2v) is 7.50. The van der Waals surface area contributed by atoms with E-state index >= 15 is 0 Å². The Kier molecular flexibility index (Phi) is 4.54. The number of para-hydroxylation sites is 1. The van der Waals surface area contributed by atoms with Gasteiger partial charge in [-0.15, -0.1) is 22.7 Å². The number of nitrogens with one attached hydrogen (secondary N) is 1. The van der Waals surface area contributed by atoms with Gasteiger partial charge in [0.1, 0.15) is 0 Å². The van der Waals surface area contributed by atoms with Gasteiger partial charge in [0.05, 0.1) is 20.9 Å². The highest BCUT2D eigenvalue weighted by Gasteiger charge is 2.10. The first-order valence-electron chi connectivity index (χ1n) is 7.93. The van der Waals surface area contributed by atoms with Crippen LogP contribution in [0.3, 0.4) is 0 Å². The number of rotatable bonds is 5. The standard InChI is InChI=1S/C19H15N3OS2/c23-17(10-11-18-20-14-8-4-5-9-16(14)25-18)22-19-21-15(12-24-19)13-6-2-1-3-7-13/h1-9,12H,10-11H2,(H,21,22,23). The van der Waals surface area contributed by atoms with Gasteiger partial charge in [-0.3, -0.25) is 4.79 Å². The van der Waals surface area contributed by atoms with Crippen LogP contribution in [0.25, 0.3) is 21.5 Å². The zero-order valence-electron chi connectivity index (χ0n) is 13.3. The summed E-state index contributed by atoms with van der Waals surface area (Å²) in [4.78, 5) is 21.2.